The molecule has 0 aliphatic carbocycles. The van der Waals surface area contributed by atoms with E-state index >= 15 is 0 Å². The van der Waals surface area contributed by atoms with Gasteiger partial charge in [0.15, 0.2) is 0 Å². The molecule has 0 radical (unpaired) electrons. The van der Waals surface area contributed by atoms with E-state index < -0.39 is 24.1 Å². The van der Waals surface area contributed by atoms with Crippen molar-refractivity contribution in [2.24, 2.45) is 5.92 Å². The molecule has 2 saturated heterocycles. The zero-order chi connectivity index (χ0) is 14.0. The summed E-state index contributed by atoms with van der Waals surface area (Å²) in [5, 5.41) is 21.3. The minimum atomic E-state index is -1.06. The summed E-state index contributed by atoms with van der Waals surface area (Å²) in [6.45, 7) is 2.63. The van der Waals surface area contributed by atoms with Crippen LogP contribution in [0.3, 0.4) is 0 Å². The number of nitrogens with one attached hydrogen (secondary N) is 1. The number of aliphatic hydroxyl groups excluding tert-OH is 1. The number of carbonyl (C=O) groups excluding carboxylic acids is 1. The second-order valence-electron chi connectivity index (χ2n) is 5.50. The van der Waals surface area contributed by atoms with Crippen molar-refractivity contribution in [1.29, 1.82) is 0 Å². The molecule has 2 heterocycles. The third-order valence-corrected chi connectivity index (χ3v) is 3.86. The van der Waals surface area contributed by atoms with Crippen molar-refractivity contribution < 1.29 is 19.8 Å². The van der Waals surface area contributed by atoms with Crippen LogP contribution in [0.15, 0.2) is 0 Å². The van der Waals surface area contributed by atoms with Crippen LogP contribution in [0.25, 0.3) is 0 Å². The highest BCUT2D eigenvalue weighted by atomic mass is 16.4. The molecule has 19 heavy (non-hydrogen) atoms. The second kappa shape index (κ2) is 5.75. The molecular weight excluding hydrogens is 250 g/mol. The van der Waals surface area contributed by atoms with Crippen LogP contribution in [0.4, 0.5) is 4.79 Å². The van der Waals surface area contributed by atoms with E-state index in [2.05, 4.69) is 10.2 Å². The summed E-state index contributed by atoms with van der Waals surface area (Å²) < 4.78 is 0. The SMILES string of the molecule is CN1CCC(CNC(=O)N2C[C@H](O)C[C@H]2C(=O)O)C1. The first-order valence-electron chi connectivity index (χ1n) is 6.61. The fourth-order valence-electron chi connectivity index (χ4n) is 2.80. The molecule has 2 aliphatic heterocycles. The quantitative estimate of drug-likeness (QED) is 0.623. The van der Waals surface area contributed by atoms with E-state index in [0.717, 1.165) is 19.5 Å². The third-order valence-electron chi connectivity index (χ3n) is 3.86. The molecule has 2 aliphatic rings. The van der Waals surface area contributed by atoms with Crippen molar-refractivity contribution in [3.8, 4) is 0 Å². The number of carbonyl (C=O) groups is 2. The van der Waals surface area contributed by atoms with Gasteiger partial charge < -0.3 is 25.3 Å². The van der Waals surface area contributed by atoms with Gasteiger partial charge >= 0.3 is 12.0 Å². The molecule has 1 unspecified atom stereocenters. The number of nitrogens with zero attached hydrogens (tertiary/aromatic N) is 2. The highest BCUT2D eigenvalue weighted by Crippen LogP contribution is 2.18. The maximum Gasteiger partial charge on any atom is 0.326 e. The average molecular weight is 271 g/mol. The molecule has 7 nitrogen and oxygen atoms in total. The maximum atomic E-state index is 12.0. The van der Waals surface area contributed by atoms with Crippen molar-refractivity contribution in [1.82, 2.24) is 15.1 Å². The number of aliphatic carboxylic acids is 1. The predicted octanol–water partition coefficient (Wildman–Crippen LogP) is -0.832. The molecule has 0 spiro atoms. The standard InChI is InChI=1S/C12H21N3O4/c1-14-3-2-8(6-14)5-13-12(19)15-7-9(16)4-10(15)11(17)18/h8-10,16H,2-7H2,1H3,(H,13,19)(H,17,18)/t8?,9-,10+/m1/s1. The van der Waals surface area contributed by atoms with Crippen LogP contribution in [0.1, 0.15) is 12.8 Å². The summed E-state index contributed by atoms with van der Waals surface area (Å²) in [7, 11) is 2.04. The Bertz CT molecular complexity index is 363. The molecule has 2 rings (SSSR count). The Hall–Kier alpha value is -1.34. The molecule has 0 bridgehead atoms. The van der Waals surface area contributed by atoms with E-state index in [9.17, 15) is 14.7 Å². The number of hydrogen-bond donors (Lipinski definition) is 3. The van der Waals surface area contributed by atoms with Crippen molar-refractivity contribution >= 4 is 12.0 Å². The molecular formula is C12H21N3O4. The Kier molecular flexibility index (Phi) is 4.26. The highest BCUT2D eigenvalue weighted by Gasteiger charge is 2.39. The molecule has 0 aromatic heterocycles. The topological polar surface area (TPSA) is 93.1 Å². The summed E-state index contributed by atoms with van der Waals surface area (Å²) in [4.78, 5) is 26.4. The number of hydrogen-bond acceptors (Lipinski definition) is 4. The van der Waals surface area contributed by atoms with E-state index in [4.69, 9.17) is 5.11 Å². The summed E-state index contributed by atoms with van der Waals surface area (Å²) in [5.74, 6) is -0.642. The molecule has 0 aromatic carbocycles. The molecule has 0 aromatic rings. The monoisotopic (exact) mass is 271 g/mol. The Morgan fingerprint density at radius 3 is 2.68 bits per heavy atom. The van der Waals surface area contributed by atoms with Gasteiger partial charge in [0.2, 0.25) is 0 Å². The molecule has 108 valence electrons. The Labute approximate surface area is 112 Å². The van der Waals surface area contributed by atoms with Crippen LogP contribution in [0.2, 0.25) is 0 Å². The van der Waals surface area contributed by atoms with E-state index in [-0.39, 0.29) is 13.0 Å². The molecule has 0 saturated carbocycles. The zero-order valence-electron chi connectivity index (χ0n) is 11.1. The van der Waals surface area contributed by atoms with Gasteiger partial charge in [0.1, 0.15) is 6.04 Å². The first-order chi connectivity index (χ1) is 8.97. The predicted molar refractivity (Wildman–Crippen MR) is 67.8 cm³/mol. The van der Waals surface area contributed by atoms with Gasteiger partial charge in [-0.15, -0.1) is 0 Å². The number of aliphatic hydroxyl groups is 1. The van der Waals surface area contributed by atoms with Gasteiger partial charge in [-0.05, 0) is 25.9 Å². The Balaban J connectivity index is 1.83. The van der Waals surface area contributed by atoms with Crippen LogP contribution >= 0.6 is 0 Å². The first kappa shape index (κ1) is 14.1. The molecule has 7 heteroatoms. The van der Waals surface area contributed by atoms with E-state index in [1.807, 2.05) is 7.05 Å². The molecule has 3 N–H and O–H groups in total. The zero-order valence-corrected chi connectivity index (χ0v) is 11.1. The van der Waals surface area contributed by atoms with Gasteiger partial charge in [-0.25, -0.2) is 9.59 Å². The summed E-state index contributed by atoms with van der Waals surface area (Å²) in [6, 6.07) is -1.31. The lowest BCUT2D eigenvalue weighted by Gasteiger charge is -2.22. The number of urea groups is 1. The summed E-state index contributed by atoms with van der Waals surface area (Å²) in [6.07, 6.45) is 0.404. The fraction of sp³-hybridized carbons (Fsp3) is 0.833. The number of β-amino-alcohol motifs (C(OH)–C–C–N with tert-alkyl or cyclic N) is 1. The molecule has 2 fully saturated rings. The Morgan fingerprint density at radius 1 is 1.37 bits per heavy atom. The van der Waals surface area contributed by atoms with Gasteiger partial charge in [-0.1, -0.05) is 0 Å². The molecule has 2 amide bonds. The lowest BCUT2D eigenvalue weighted by molar-refractivity contribution is -0.141. The van der Waals surface area contributed by atoms with Gasteiger partial charge in [-0.2, -0.15) is 0 Å². The fourth-order valence-corrected chi connectivity index (χ4v) is 2.80. The lowest BCUT2D eigenvalue weighted by atomic mass is 10.1. The number of amides is 2. The number of carboxylic acids is 1. The van der Waals surface area contributed by atoms with E-state index in [1.165, 1.54) is 4.90 Å². The minimum Gasteiger partial charge on any atom is -0.480 e. The first-order valence-corrected chi connectivity index (χ1v) is 6.61. The summed E-state index contributed by atoms with van der Waals surface area (Å²) >= 11 is 0. The van der Waals surface area contributed by atoms with Crippen molar-refractivity contribution in [2.75, 3.05) is 33.2 Å². The van der Waals surface area contributed by atoms with Gasteiger partial charge in [-0.3, -0.25) is 0 Å². The van der Waals surface area contributed by atoms with Gasteiger partial charge in [0.25, 0.3) is 0 Å². The van der Waals surface area contributed by atoms with Gasteiger partial charge in [0.05, 0.1) is 6.10 Å². The van der Waals surface area contributed by atoms with Crippen molar-refractivity contribution in [3.63, 3.8) is 0 Å². The van der Waals surface area contributed by atoms with Gasteiger partial charge in [0, 0.05) is 26.1 Å². The number of rotatable bonds is 3. The average Bonchev–Trinajstić information content (AvgIpc) is 2.92. The van der Waals surface area contributed by atoms with E-state index in [1.54, 1.807) is 0 Å². The number of likely N-dealkylation sites (tertiary alicyclic amines) is 2. The minimum absolute atomic E-state index is 0.0906. The van der Waals surface area contributed by atoms with Crippen molar-refractivity contribution in [3.05, 3.63) is 0 Å². The summed E-state index contributed by atoms with van der Waals surface area (Å²) in [5.41, 5.74) is 0. The lowest BCUT2D eigenvalue weighted by Crippen LogP contribution is -2.47. The van der Waals surface area contributed by atoms with Crippen LogP contribution in [0.5, 0.6) is 0 Å². The number of carboxylic acid groups (broad SMARTS) is 1. The maximum absolute atomic E-state index is 12.0. The van der Waals surface area contributed by atoms with E-state index in [0.29, 0.717) is 12.5 Å². The van der Waals surface area contributed by atoms with Crippen LogP contribution in [-0.4, -0.2) is 77.4 Å². The second-order valence-corrected chi connectivity index (χ2v) is 5.50. The highest BCUT2D eigenvalue weighted by molar-refractivity contribution is 5.83. The third kappa shape index (κ3) is 3.36. The Morgan fingerprint density at radius 2 is 2.11 bits per heavy atom. The van der Waals surface area contributed by atoms with Crippen molar-refractivity contribution in [2.45, 2.75) is 25.0 Å². The smallest absolute Gasteiger partial charge is 0.326 e. The van der Waals surface area contributed by atoms with Crippen LogP contribution in [0, 0.1) is 5.92 Å². The largest absolute Gasteiger partial charge is 0.480 e. The van der Waals surface area contributed by atoms with Crippen LogP contribution < -0.4 is 5.32 Å². The molecule has 3 atom stereocenters. The normalized spacial score (nSPS) is 31.7. The van der Waals surface area contributed by atoms with Crippen LogP contribution in [-0.2, 0) is 4.79 Å².